The summed E-state index contributed by atoms with van der Waals surface area (Å²) in [5.74, 6) is -0.306. The summed E-state index contributed by atoms with van der Waals surface area (Å²) in [5.41, 5.74) is 0.419. The first kappa shape index (κ1) is 15.4. The first-order valence-corrected chi connectivity index (χ1v) is 8.04. The van der Waals surface area contributed by atoms with Gasteiger partial charge in [-0.3, -0.25) is 4.79 Å². The smallest absolute Gasteiger partial charge is 0.251 e. The van der Waals surface area contributed by atoms with Crippen LogP contribution in [0.2, 0.25) is 5.02 Å². The lowest BCUT2D eigenvalue weighted by molar-refractivity contribution is 0.0954. The van der Waals surface area contributed by atoms with E-state index < -0.39 is 10.0 Å². The molecule has 0 spiro atoms. The van der Waals surface area contributed by atoms with E-state index in [1.807, 2.05) is 0 Å². The Kier molecular flexibility index (Phi) is 5.58. The minimum Gasteiger partial charge on any atom is -0.351 e. The molecule has 1 rings (SSSR count). The molecule has 18 heavy (non-hydrogen) atoms. The van der Waals surface area contributed by atoms with Crippen LogP contribution in [-0.2, 0) is 10.0 Å². The molecule has 0 radical (unpaired) electrons. The molecule has 0 saturated heterocycles. The summed E-state index contributed by atoms with van der Waals surface area (Å²) in [6, 6.07) is 4.83. The molecule has 0 saturated carbocycles. The molecule has 0 heterocycles. The molecule has 0 fully saturated rings. The van der Waals surface area contributed by atoms with E-state index >= 15 is 0 Å². The van der Waals surface area contributed by atoms with Gasteiger partial charge in [-0.1, -0.05) is 11.6 Å². The fraction of sp³-hybridized carbons (Fsp3) is 0.300. The molecule has 0 aliphatic rings. The van der Waals surface area contributed by atoms with Crippen LogP contribution >= 0.6 is 27.5 Å². The SMILES string of the molecule is CS(=O)(=O)NCCNC(=O)c1ccc(Br)c(Cl)c1. The number of benzene rings is 1. The van der Waals surface area contributed by atoms with E-state index in [4.69, 9.17) is 11.6 Å². The lowest BCUT2D eigenvalue weighted by Gasteiger charge is -2.06. The van der Waals surface area contributed by atoms with E-state index in [0.717, 1.165) is 6.26 Å². The molecule has 1 amide bonds. The molecule has 0 bridgehead atoms. The number of carbonyl (C=O) groups excluding carboxylic acids is 1. The Bertz CT molecular complexity index is 548. The molecule has 0 aliphatic heterocycles. The van der Waals surface area contributed by atoms with Gasteiger partial charge in [-0.15, -0.1) is 0 Å². The van der Waals surface area contributed by atoms with E-state index in [2.05, 4.69) is 26.0 Å². The maximum absolute atomic E-state index is 11.7. The molecule has 0 atom stereocenters. The van der Waals surface area contributed by atoms with Gasteiger partial charge in [0.15, 0.2) is 0 Å². The topological polar surface area (TPSA) is 75.3 Å². The van der Waals surface area contributed by atoms with Crippen LogP contribution in [-0.4, -0.2) is 33.7 Å². The predicted octanol–water partition coefficient (Wildman–Crippen LogP) is 1.38. The molecule has 100 valence electrons. The van der Waals surface area contributed by atoms with Crippen LogP contribution in [0.25, 0.3) is 0 Å². The van der Waals surface area contributed by atoms with Gasteiger partial charge < -0.3 is 5.32 Å². The number of nitrogens with one attached hydrogen (secondary N) is 2. The van der Waals surface area contributed by atoms with Crippen LogP contribution in [0.4, 0.5) is 0 Å². The first-order valence-electron chi connectivity index (χ1n) is 4.97. The van der Waals surface area contributed by atoms with Gasteiger partial charge in [0.25, 0.3) is 5.91 Å². The summed E-state index contributed by atoms with van der Waals surface area (Å²) in [6.45, 7) is 0.356. The average molecular weight is 356 g/mol. The Morgan fingerprint density at radius 2 is 2.06 bits per heavy atom. The lowest BCUT2D eigenvalue weighted by atomic mass is 10.2. The monoisotopic (exact) mass is 354 g/mol. The molecular formula is C10H12BrClN2O3S. The quantitative estimate of drug-likeness (QED) is 0.784. The highest BCUT2D eigenvalue weighted by atomic mass is 79.9. The highest BCUT2D eigenvalue weighted by molar-refractivity contribution is 9.10. The van der Waals surface area contributed by atoms with Gasteiger partial charge in [0.1, 0.15) is 0 Å². The summed E-state index contributed by atoms with van der Waals surface area (Å²) < 4.78 is 24.5. The Hall–Kier alpha value is -0.630. The third-order valence-electron chi connectivity index (χ3n) is 1.96. The van der Waals surface area contributed by atoms with Gasteiger partial charge in [-0.25, -0.2) is 13.1 Å². The van der Waals surface area contributed by atoms with Crippen molar-refractivity contribution >= 4 is 43.5 Å². The van der Waals surface area contributed by atoms with Crippen molar-refractivity contribution in [2.45, 2.75) is 0 Å². The Morgan fingerprint density at radius 3 is 2.61 bits per heavy atom. The van der Waals surface area contributed by atoms with Crippen molar-refractivity contribution in [1.82, 2.24) is 10.0 Å². The number of hydrogen-bond donors (Lipinski definition) is 2. The van der Waals surface area contributed by atoms with Gasteiger partial charge in [-0.2, -0.15) is 0 Å². The van der Waals surface area contributed by atoms with Gasteiger partial charge in [0, 0.05) is 23.1 Å². The lowest BCUT2D eigenvalue weighted by Crippen LogP contribution is -2.34. The van der Waals surface area contributed by atoms with Gasteiger partial charge in [0.05, 0.1) is 11.3 Å². The van der Waals surface area contributed by atoms with Crippen molar-refractivity contribution < 1.29 is 13.2 Å². The Morgan fingerprint density at radius 1 is 1.39 bits per heavy atom. The van der Waals surface area contributed by atoms with E-state index in [0.29, 0.717) is 15.1 Å². The fourth-order valence-corrected chi connectivity index (χ4v) is 2.05. The number of carbonyl (C=O) groups is 1. The third kappa shape index (κ3) is 5.34. The predicted molar refractivity (Wildman–Crippen MR) is 74.3 cm³/mol. The zero-order valence-electron chi connectivity index (χ0n) is 9.54. The maximum Gasteiger partial charge on any atom is 0.251 e. The number of sulfonamides is 1. The minimum absolute atomic E-state index is 0.148. The second-order valence-corrected chi connectivity index (χ2v) is 6.65. The molecule has 5 nitrogen and oxygen atoms in total. The average Bonchev–Trinajstić information content (AvgIpc) is 2.26. The third-order valence-corrected chi connectivity index (χ3v) is 3.92. The van der Waals surface area contributed by atoms with Crippen LogP contribution < -0.4 is 10.0 Å². The molecule has 2 N–H and O–H groups in total. The zero-order chi connectivity index (χ0) is 13.8. The molecule has 0 aromatic heterocycles. The van der Waals surface area contributed by atoms with Gasteiger partial charge in [0.2, 0.25) is 10.0 Å². The van der Waals surface area contributed by atoms with Crippen LogP contribution in [0.3, 0.4) is 0 Å². The number of halogens is 2. The van der Waals surface area contributed by atoms with Crippen LogP contribution in [0.15, 0.2) is 22.7 Å². The van der Waals surface area contributed by atoms with Gasteiger partial charge >= 0.3 is 0 Å². The second kappa shape index (κ2) is 6.51. The van der Waals surface area contributed by atoms with Crippen molar-refractivity contribution in [2.75, 3.05) is 19.3 Å². The van der Waals surface area contributed by atoms with Crippen molar-refractivity contribution in [3.8, 4) is 0 Å². The Balaban J connectivity index is 2.48. The highest BCUT2D eigenvalue weighted by Crippen LogP contribution is 2.22. The number of amides is 1. The molecular weight excluding hydrogens is 344 g/mol. The second-order valence-electron chi connectivity index (χ2n) is 3.55. The zero-order valence-corrected chi connectivity index (χ0v) is 12.7. The molecule has 1 aromatic carbocycles. The minimum atomic E-state index is -3.23. The van der Waals surface area contributed by atoms with E-state index in [1.165, 1.54) is 6.07 Å². The van der Waals surface area contributed by atoms with Crippen molar-refractivity contribution in [2.24, 2.45) is 0 Å². The van der Waals surface area contributed by atoms with E-state index in [-0.39, 0.29) is 19.0 Å². The van der Waals surface area contributed by atoms with Crippen LogP contribution in [0.1, 0.15) is 10.4 Å². The van der Waals surface area contributed by atoms with Crippen molar-refractivity contribution in [3.63, 3.8) is 0 Å². The summed E-state index contributed by atoms with van der Waals surface area (Å²) in [4.78, 5) is 11.7. The van der Waals surface area contributed by atoms with Crippen LogP contribution in [0.5, 0.6) is 0 Å². The maximum atomic E-state index is 11.7. The number of hydrogen-bond acceptors (Lipinski definition) is 3. The summed E-state index contributed by atoms with van der Waals surface area (Å²) in [5, 5.41) is 3.02. The normalized spacial score (nSPS) is 11.3. The Labute approximate surface area is 119 Å². The highest BCUT2D eigenvalue weighted by Gasteiger charge is 2.07. The van der Waals surface area contributed by atoms with Crippen molar-refractivity contribution in [3.05, 3.63) is 33.3 Å². The molecule has 0 unspecified atom stereocenters. The standard InChI is InChI=1S/C10H12BrClN2O3S/c1-18(16,17)14-5-4-13-10(15)7-2-3-8(11)9(12)6-7/h2-3,6,14H,4-5H2,1H3,(H,13,15). The fourth-order valence-electron chi connectivity index (χ4n) is 1.15. The molecule has 8 heteroatoms. The summed E-state index contributed by atoms with van der Waals surface area (Å²) in [7, 11) is -3.23. The summed E-state index contributed by atoms with van der Waals surface area (Å²) in [6.07, 6.45) is 1.06. The molecule has 0 aliphatic carbocycles. The summed E-state index contributed by atoms with van der Waals surface area (Å²) >= 11 is 9.08. The van der Waals surface area contributed by atoms with Crippen molar-refractivity contribution in [1.29, 1.82) is 0 Å². The number of rotatable bonds is 5. The molecule has 1 aromatic rings. The first-order chi connectivity index (χ1) is 8.29. The van der Waals surface area contributed by atoms with Crippen LogP contribution in [0, 0.1) is 0 Å². The largest absolute Gasteiger partial charge is 0.351 e. The van der Waals surface area contributed by atoms with E-state index in [1.54, 1.807) is 12.1 Å². The van der Waals surface area contributed by atoms with E-state index in [9.17, 15) is 13.2 Å². The van der Waals surface area contributed by atoms with Gasteiger partial charge in [-0.05, 0) is 34.1 Å².